The van der Waals surface area contributed by atoms with Crippen LogP contribution < -0.4 is 9.75 Å². The Morgan fingerprint density at radius 2 is 1.66 bits per heavy atom. The molecule has 0 unspecified atom stereocenters. The standard InChI is InChI=1S/C22H12F5N3O5/c1-9-13(22(31)29(28-9)21-19(26)17(24)16(23)18(25)20(21)27)8-11-4-6-14(35-11)12-5-3-10(30(32)33)7-15(12)34-2/h3-8H,1-2H3/b13-8+. The van der Waals surface area contributed by atoms with Gasteiger partial charge >= 0.3 is 0 Å². The highest BCUT2D eigenvalue weighted by atomic mass is 19.2. The quantitative estimate of drug-likeness (QED) is 0.119. The van der Waals surface area contributed by atoms with Gasteiger partial charge < -0.3 is 9.15 Å². The van der Waals surface area contributed by atoms with E-state index in [1.807, 2.05) is 0 Å². The second kappa shape index (κ2) is 8.66. The van der Waals surface area contributed by atoms with Crippen LogP contribution in [0.3, 0.4) is 0 Å². The summed E-state index contributed by atoms with van der Waals surface area (Å²) in [6.07, 6.45) is 1.16. The van der Waals surface area contributed by atoms with Gasteiger partial charge in [-0.15, -0.1) is 0 Å². The van der Waals surface area contributed by atoms with Crippen molar-refractivity contribution < 1.29 is 40.8 Å². The summed E-state index contributed by atoms with van der Waals surface area (Å²) in [5.41, 5.74) is -1.68. The molecule has 0 radical (unpaired) electrons. The summed E-state index contributed by atoms with van der Waals surface area (Å²) in [7, 11) is 1.30. The van der Waals surface area contributed by atoms with E-state index >= 15 is 0 Å². The third-order valence-electron chi connectivity index (χ3n) is 5.04. The van der Waals surface area contributed by atoms with Crippen LogP contribution in [0.2, 0.25) is 0 Å². The number of hydrazone groups is 1. The van der Waals surface area contributed by atoms with Crippen molar-refractivity contribution >= 4 is 29.1 Å². The lowest BCUT2D eigenvalue weighted by molar-refractivity contribution is -0.384. The molecule has 0 fully saturated rings. The predicted molar refractivity (Wildman–Crippen MR) is 112 cm³/mol. The smallest absolute Gasteiger partial charge is 0.280 e. The van der Waals surface area contributed by atoms with Crippen molar-refractivity contribution in [2.24, 2.45) is 5.10 Å². The largest absolute Gasteiger partial charge is 0.496 e. The maximum Gasteiger partial charge on any atom is 0.280 e. The number of non-ortho nitro benzene ring substituents is 1. The van der Waals surface area contributed by atoms with Crippen molar-refractivity contribution in [3.63, 3.8) is 0 Å². The highest BCUT2D eigenvalue weighted by Gasteiger charge is 2.37. The molecule has 1 amide bonds. The van der Waals surface area contributed by atoms with E-state index in [0.29, 0.717) is 5.56 Å². The molecule has 1 aromatic heterocycles. The van der Waals surface area contributed by atoms with Crippen molar-refractivity contribution in [2.45, 2.75) is 6.92 Å². The molecule has 0 saturated carbocycles. The van der Waals surface area contributed by atoms with Gasteiger partial charge in [-0.1, -0.05) is 0 Å². The van der Waals surface area contributed by atoms with Gasteiger partial charge in [0, 0.05) is 6.07 Å². The lowest BCUT2D eigenvalue weighted by Gasteiger charge is -2.14. The normalized spacial score (nSPS) is 14.6. The first-order valence-corrected chi connectivity index (χ1v) is 9.61. The Balaban J connectivity index is 1.70. The fraction of sp³-hybridized carbons (Fsp3) is 0.0909. The Morgan fingerprint density at radius 3 is 2.26 bits per heavy atom. The number of carbonyl (C=O) groups excluding carboxylic acids is 1. The van der Waals surface area contributed by atoms with Gasteiger partial charge in [0.25, 0.3) is 11.6 Å². The molecule has 0 saturated heterocycles. The van der Waals surface area contributed by atoms with E-state index in [-0.39, 0.29) is 39.3 Å². The van der Waals surface area contributed by atoms with Crippen LogP contribution in [-0.2, 0) is 4.79 Å². The zero-order valence-corrected chi connectivity index (χ0v) is 17.7. The number of nitro groups is 1. The number of carbonyl (C=O) groups is 1. The number of hydrogen-bond acceptors (Lipinski definition) is 6. The van der Waals surface area contributed by atoms with Gasteiger partial charge in [0.1, 0.15) is 23.0 Å². The monoisotopic (exact) mass is 493 g/mol. The van der Waals surface area contributed by atoms with Crippen LogP contribution in [-0.4, -0.2) is 23.7 Å². The molecule has 4 rings (SSSR count). The number of ether oxygens (including phenoxy) is 1. The van der Waals surface area contributed by atoms with Crippen LogP contribution in [0.25, 0.3) is 17.4 Å². The highest BCUT2D eigenvalue weighted by Crippen LogP contribution is 2.36. The summed E-state index contributed by atoms with van der Waals surface area (Å²) in [5, 5.41) is 14.7. The third-order valence-corrected chi connectivity index (χ3v) is 5.04. The van der Waals surface area contributed by atoms with Gasteiger partial charge in [-0.2, -0.15) is 10.1 Å². The minimum Gasteiger partial charge on any atom is -0.496 e. The van der Waals surface area contributed by atoms with E-state index in [4.69, 9.17) is 9.15 Å². The Labute approximate surface area is 192 Å². The Morgan fingerprint density at radius 1 is 1.03 bits per heavy atom. The van der Waals surface area contributed by atoms with Crippen LogP contribution in [0.15, 0.2) is 45.4 Å². The van der Waals surface area contributed by atoms with Crippen LogP contribution in [0.1, 0.15) is 12.7 Å². The van der Waals surface area contributed by atoms with Crippen molar-refractivity contribution in [2.75, 3.05) is 12.1 Å². The average molecular weight is 493 g/mol. The number of anilines is 1. The number of benzene rings is 2. The molecule has 1 aliphatic heterocycles. The Bertz CT molecular complexity index is 1430. The molecule has 1 aliphatic rings. The second-order valence-electron chi connectivity index (χ2n) is 7.12. The molecule has 0 bridgehead atoms. The third kappa shape index (κ3) is 3.90. The van der Waals surface area contributed by atoms with Crippen molar-refractivity contribution in [1.29, 1.82) is 0 Å². The van der Waals surface area contributed by atoms with E-state index < -0.39 is 45.6 Å². The van der Waals surface area contributed by atoms with E-state index in [9.17, 15) is 36.9 Å². The topological polar surface area (TPSA) is 98.2 Å². The summed E-state index contributed by atoms with van der Waals surface area (Å²) in [6, 6.07) is 6.71. The van der Waals surface area contributed by atoms with Crippen LogP contribution in [0.4, 0.5) is 33.3 Å². The van der Waals surface area contributed by atoms with Gasteiger partial charge in [-0.25, -0.2) is 22.0 Å². The number of nitro benzene ring substituents is 1. The summed E-state index contributed by atoms with van der Waals surface area (Å²) in [4.78, 5) is 23.1. The lowest BCUT2D eigenvalue weighted by Crippen LogP contribution is -2.25. The highest BCUT2D eigenvalue weighted by molar-refractivity contribution is 6.32. The molecule has 0 atom stereocenters. The summed E-state index contributed by atoms with van der Waals surface area (Å²) in [5.74, 6) is -12.0. The van der Waals surface area contributed by atoms with Gasteiger partial charge in [-0.3, -0.25) is 14.9 Å². The number of furan rings is 1. The summed E-state index contributed by atoms with van der Waals surface area (Å²) < 4.78 is 79.7. The van der Waals surface area contributed by atoms with Crippen molar-refractivity contribution in [3.05, 3.63) is 80.9 Å². The first-order chi connectivity index (χ1) is 16.5. The van der Waals surface area contributed by atoms with E-state index in [1.165, 1.54) is 44.4 Å². The molecule has 0 aliphatic carbocycles. The van der Waals surface area contributed by atoms with Gasteiger partial charge in [0.15, 0.2) is 23.3 Å². The summed E-state index contributed by atoms with van der Waals surface area (Å²) in [6.45, 7) is 1.29. The lowest BCUT2D eigenvalue weighted by atomic mass is 10.1. The minimum absolute atomic E-state index is 0.0672. The molecule has 0 N–H and O–H groups in total. The Kier molecular flexibility index (Phi) is 5.84. The molecule has 3 aromatic rings. The first-order valence-electron chi connectivity index (χ1n) is 9.61. The van der Waals surface area contributed by atoms with Crippen molar-refractivity contribution in [3.8, 4) is 17.1 Å². The molecule has 8 nitrogen and oxygen atoms in total. The zero-order valence-electron chi connectivity index (χ0n) is 17.7. The number of amides is 1. The number of nitrogens with zero attached hydrogens (tertiary/aromatic N) is 3. The average Bonchev–Trinajstić information content (AvgIpc) is 3.41. The fourth-order valence-corrected chi connectivity index (χ4v) is 3.33. The van der Waals surface area contributed by atoms with Crippen LogP contribution in [0, 0.1) is 39.2 Å². The molecule has 35 heavy (non-hydrogen) atoms. The van der Waals surface area contributed by atoms with Crippen LogP contribution in [0.5, 0.6) is 5.75 Å². The number of halogens is 5. The number of rotatable bonds is 5. The number of methoxy groups -OCH3 is 1. The van der Waals surface area contributed by atoms with Gasteiger partial charge in [0.2, 0.25) is 5.82 Å². The molecular weight excluding hydrogens is 481 g/mol. The van der Waals surface area contributed by atoms with Crippen molar-refractivity contribution in [1.82, 2.24) is 0 Å². The number of hydrogen-bond donors (Lipinski definition) is 0. The summed E-state index contributed by atoms with van der Waals surface area (Å²) >= 11 is 0. The second-order valence-corrected chi connectivity index (χ2v) is 7.12. The van der Waals surface area contributed by atoms with Gasteiger partial charge in [0.05, 0.1) is 34.9 Å². The van der Waals surface area contributed by atoms with E-state index in [1.54, 1.807) is 0 Å². The predicted octanol–water partition coefficient (Wildman–Crippen LogP) is 5.37. The molecule has 0 spiro atoms. The first kappa shape index (κ1) is 23.6. The molecule has 2 aromatic carbocycles. The van der Waals surface area contributed by atoms with E-state index in [2.05, 4.69) is 5.10 Å². The van der Waals surface area contributed by atoms with Gasteiger partial charge in [-0.05, 0) is 31.2 Å². The molecule has 13 heteroatoms. The zero-order chi connectivity index (χ0) is 25.6. The Hall–Kier alpha value is -4.55. The molecule has 180 valence electrons. The molecule has 2 heterocycles. The minimum atomic E-state index is -2.36. The fourth-order valence-electron chi connectivity index (χ4n) is 3.33. The van der Waals surface area contributed by atoms with Crippen LogP contribution >= 0.6 is 0 Å². The maximum absolute atomic E-state index is 14.2. The maximum atomic E-state index is 14.2. The molecular formula is C22H12F5N3O5. The SMILES string of the molecule is COc1cc([N+](=O)[O-])ccc1-c1ccc(/C=C2/C(=O)N(c3c(F)c(F)c(F)c(F)c3F)N=C2C)o1. The van der Waals surface area contributed by atoms with E-state index in [0.717, 1.165) is 6.08 Å².